The predicted octanol–water partition coefficient (Wildman–Crippen LogP) is 4.13. The first kappa shape index (κ1) is 20.2. The summed E-state index contributed by atoms with van der Waals surface area (Å²) in [5.74, 6) is -1.35. The number of anilines is 2. The number of amides is 2. The SMILES string of the molecule is CN(C)CCNc1cccc2c1C(=O)N(c1ccc(Cl)c(C(F)(F)F)c1)C2=O. The molecule has 0 saturated carbocycles. The van der Waals surface area contributed by atoms with Gasteiger partial charge in [-0.3, -0.25) is 9.59 Å². The zero-order chi connectivity index (χ0) is 20.6. The van der Waals surface area contributed by atoms with Gasteiger partial charge in [0.05, 0.1) is 27.4 Å². The number of alkyl halides is 3. The Hall–Kier alpha value is -2.58. The molecule has 1 N–H and O–H groups in total. The van der Waals surface area contributed by atoms with E-state index in [-0.39, 0.29) is 16.8 Å². The van der Waals surface area contributed by atoms with E-state index in [9.17, 15) is 22.8 Å². The smallest absolute Gasteiger partial charge is 0.383 e. The third-order valence-corrected chi connectivity index (χ3v) is 4.63. The zero-order valence-electron chi connectivity index (χ0n) is 15.1. The van der Waals surface area contributed by atoms with Crippen LogP contribution in [0, 0.1) is 0 Å². The molecule has 1 aliphatic heterocycles. The van der Waals surface area contributed by atoms with Crippen molar-refractivity contribution in [3.05, 3.63) is 58.1 Å². The van der Waals surface area contributed by atoms with Crippen LogP contribution in [0.4, 0.5) is 24.5 Å². The molecule has 0 fully saturated rings. The highest BCUT2D eigenvalue weighted by Crippen LogP contribution is 2.39. The summed E-state index contributed by atoms with van der Waals surface area (Å²) < 4.78 is 39.5. The molecule has 0 bridgehead atoms. The lowest BCUT2D eigenvalue weighted by Crippen LogP contribution is -2.30. The molecule has 0 radical (unpaired) electrons. The fraction of sp³-hybridized carbons (Fsp3) is 0.263. The number of carbonyl (C=O) groups is 2. The molecule has 9 heteroatoms. The van der Waals surface area contributed by atoms with Crippen LogP contribution in [0.25, 0.3) is 0 Å². The molecule has 148 valence electrons. The van der Waals surface area contributed by atoms with Crippen LogP contribution in [0.3, 0.4) is 0 Å². The van der Waals surface area contributed by atoms with E-state index in [1.54, 1.807) is 12.1 Å². The summed E-state index contributed by atoms with van der Waals surface area (Å²) in [4.78, 5) is 28.3. The third kappa shape index (κ3) is 3.70. The lowest BCUT2D eigenvalue weighted by molar-refractivity contribution is -0.137. The summed E-state index contributed by atoms with van der Waals surface area (Å²) in [5, 5.41) is 2.60. The minimum Gasteiger partial charge on any atom is -0.383 e. The van der Waals surface area contributed by atoms with Crippen LogP contribution in [-0.4, -0.2) is 43.9 Å². The van der Waals surface area contributed by atoms with Crippen LogP contribution in [0.5, 0.6) is 0 Å². The molecule has 2 aromatic carbocycles. The zero-order valence-corrected chi connectivity index (χ0v) is 15.9. The largest absolute Gasteiger partial charge is 0.417 e. The van der Waals surface area contributed by atoms with Crippen molar-refractivity contribution in [1.82, 2.24) is 4.90 Å². The summed E-state index contributed by atoms with van der Waals surface area (Å²) in [6.45, 7) is 1.23. The van der Waals surface area contributed by atoms with Gasteiger partial charge in [-0.25, -0.2) is 4.90 Å². The number of carbonyl (C=O) groups excluding carboxylic acids is 2. The van der Waals surface area contributed by atoms with Gasteiger partial charge in [-0.2, -0.15) is 13.2 Å². The molecule has 1 heterocycles. The number of nitrogens with one attached hydrogen (secondary N) is 1. The number of hydrogen-bond acceptors (Lipinski definition) is 4. The maximum Gasteiger partial charge on any atom is 0.417 e. The molecule has 0 spiro atoms. The van der Waals surface area contributed by atoms with Gasteiger partial charge in [0.2, 0.25) is 0 Å². The highest BCUT2D eigenvalue weighted by Gasteiger charge is 2.40. The quantitative estimate of drug-likeness (QED) is 0.751. The number of rotatable bonds is 5. The summed E-state index contributed by atoms with van der Waals surface area (Å²) in [5.41, 5.74) is -0.530. The molecule has 28 heavy (non-hydrogen) atoms. The van der Waals surface area contributed by atoms with Crippen molar-refractivity contribution in [2.45, 2.75) is 6.18 Å². The summed E-state index contributed by atoms with van der Waals surface area (Å²) in [6, 6.07) is 7.72. The van der Waals surface area contributed by atoms with Gasteiger partial charge in [0.1, 0.15) is 0 Å². The Morgan fingerprint density at radius 3 is 2.46 bits per heavy atom. The molecular formula is C19H17ClF3N3O2. The second-order valence-corrected chi connectivity index (χ2v) is 6.97. The van der Waals surface area contributed by atoms with Crippen molar-refractivity contribution in [1.29, 1.82) is 0 Å². The molecule has 3 rings (SSSR count). The van der Waals surface area contributed by atoms with Gasteiger partial charge in [0, 0.05) is 18.8 Å². The maximum atomic E-state index is 13.2. The molecule has 0 saturated heterocycles. The fourth-order valence-corrected chi connectivity index (χ4v) is 3.18. The van der Waals surface area contributed by atoms with E-state index >= 15 is 0 Å². The summed E-state index contributed by atoms with van der Waals surface area (Å²) in [6.07, 6.45) is -4.70. The minimum absolute atomic E-state index is 0.142. The molecule has 0 unspecified atom stereocenters. The van der Waals surface area contributed by atoms with Crippen LogP contribution in [0.15, 0.2) is 36.4 Å². The Kier molecular flexibility index (Phi) is 5.36. The van der Waals surface area contributed by atoms with Crippen molar-refractivity contribution in [2.24, 2.45) is 0 Å². The van der Waals surface area contributed by atoms with Crippen molar-refractivity contribution < 1.29 is 22.8 Å². The molecule has 2 amide bonds. The number of fused-ring (bicyclic) bond motifs is 1. The first-order chi connectivity index (χ1) is 13.1. The van der Waals surface area contributed by atoms with Crippen LogP contribution < -0.4 is 10.2 Å². The number of halogens is 4. The topological polar surface area (TPSA) is 52.7 Å². The number of likely N-dealkylation sites (N-methyl/N-ethyl adjacent to an activating group) is 1. The van der Waals surface area contributed by atoms with Crippen LogP contribution in [0.2, 0.25) is 5.02 Å². The number of benzene rings is 2. The highest BCUT2D eigenvalue weighted by molar-refractivity contribution is 6.36. The van der Waals surface area contributed by atoms with Crippen molar-refractivity contribution in [2.75, 3.05) is 37.4 Å². The van der Waals surface area contributed by atoms with Gasteiger partial charge in [0.25, 0.3) is 11.8 Å². The van der Waals surface area contributed by atoms with Crippen molar-refractivity contribution >= 4 is 34.8 Å². The number of hydrogen-bond donors (Lipinski definition) is 1. The Morgan fingerprint density at radius 2 is 1.82 bits per heavy atom. The van der Waals surface area contributed by atoms with Gasteiger partial charge in [-0.05, 0) is 44.4 Å². The fourth-order valence-electron chi connectivity index (χ4n) is 2.95. The maximum absolute atomic E-state index is 13.2. The normalized spacial score (nSPS) is 14.0. The monoisotopic (exact) mass is 411 g/mol. The summed E-state index contributed by atoms with van der Waals surface area (Å²) in [7, 11) is 3.79. The Balaban J connectivity index is 1.98. The second kappa shape index (κ2) is 7.44. The number of nitrogens with zero attached hydrogens (tertiary/aromatic N) is 2. The van der Waals surface area contributed by atoms with E-state index in [0.717, 1.165) is 11.0 Å². The predicted molar refractivity (Wildman–Crippen MR) is 101 cm³/mol. The van der Waals surface area contributed by atoms with E-state index in [4.69, 9.17) is 11.6 Å². The molecule has 1 aliphatic rings. The summed E-state index contributed by atoms with van der Waals surface area (Å²) >= 11 is 5.64. The van der Waals surface area contributed by atoms with Crippen molar-refractivity contribution in [3.63, 3.8) is 0 Å². The standard InChI is InChI=1S/C19H17ClF3N3O2/c1-25(2)9-8-24-15-5-3-4-12-16(15)18(28)26(17(12)27)11-6-7-14(20)13(10-11)19(21,22)23/h3-7,10,24H,8-9H2,1-2H3. The van der Waals surface area contributed by atoms with E-state index in [1.807, 2.05) is 19.0 Å². The lowest BCUT2D eigenvalue weighted by atomic mass is 10.1. The van der Waals surface area contributed by atoms with Gasteiger partial charge in [0.15, 0.2) is 0 Å². The van der Waals surface area contributed by atoms with E-state index in [1.165, 1.54) is 12.1 Å². The Labute approximate surface area is 164 Å². The third-order valence-electron chi connectivity index (χ3n) is 4.30. The Bertz CT molecular complexity index is 945. The highest BCUT2D eigenvalue weighted by atomic mass is 35.5. The average Bonchev–Trinajstić information content (AvgIpc) is 2.86. The second-order valence-electron chi connectivity index (χ2n) is 6.57. The number of imide groups is 1. The molecule has 0 aliphatic carbocycles. The average molecular weight is 412 g/mol. The molecular weight excluding hydrogens is 395 g/mol. The van der Waals surface area contributed by atoms with Gasteiger partial charge < -0.3 is 10.2 Å². The van der Waals surface area contributed by atoms with Gasteiger partial charge >= 0.3 is 6.18 Å². The molecule has 0 aromatic heterocycles. The first-order valence-electron chi connectivity index (χ1n) is 8.38. The molecule has 2 aromatic rings. The molecule has 5 nitrogen and oxygen atoms in total. The van der Waals surface area contributed by atoms with E-state index in [2.05, 4.69) is 5.32 Å². The van der Waals surface area contributed by atoms with Crippen molar-refractivity contribution in [3.8, 4) is 0 Å². The molecule has 0 atom stereocenters. The minimum atomic E-state index is -4.70. The van der Waals surface area contributed by atoms with Crippen LogP contribution in [0.1, 0.15) is 26.3 Å². The van der Waals surface area contributed by atoms with Crippen LogP contribution in [-0.2, 0) is 6.18 Å². The van der Waals surface area contributed by atoms with Crippen LogP contribution >= 0.6 is 11.6 Å². The first-order valence-corrected chi connectivity index (χ1v) is 8.76. The van der Waals surface area contributed by atoms with E-state index in [0.29, 0.717) is 24.8 Å². The Morgan fingerprint density at radius 1 is 1.11 bits per heavy atom. The van der Waals surface area contributed by atoms with E-state index < -0.39 is 28.6 Å². The lowest BCUT2D eigenvalue weighted by Gasteiger charge is -2.17. The van der Waals surface area contributed by atoms with Gasteiger partial charge in [-0.15, -0.1) is 0 Å². The van der Waals surface area contributed by atoms with Gasteiger partial charge in [-0.1, -0.05) is 17.7 Å².